The standard InChI is InChI=1S/C29H26ClN5O4/c1-17-21(27-26(30)22(10-11-31-27)24-9-7-19(16-36)29(34-24)39-2)4-3-5-23(17)33-28(38)25-8-6-18(12-32-25)13-35-14-20(37)15-35/h3-12,16,20,37H,13-15H2,1-2H3,(H,33,38). The highest BCUT2D eigenvalue weighted by molar-refractivity contribution is 6.35. The minimum absolute atomic E-state index is 0.207. The van der Waals surface area contributed by atoms with Gasteiger partial charge in [0, 0.05) is 48.8 Å². The largest absolute Gasteiger partial charge is 0.480 e. The van der Waals surface area contributed by atoms with Crippen molar-refractivity contribution in [2.45, 2.75) is 19.6 Å². The molecule has 1 aliphatic heterocycles. The Morgan fingerprint density at radius 3 is 2.67 bits per heavy atom. The van der Waals surface area contributed by atoms with Gasteiger partial charge in [-0.15, -0.1) is 0 Å². The van der Waals surface area contributed by atoms with Crippen molar-refractivity contribution in [3.8, 4) is 28.4 Å². The average Bonchev–Trinajstić information content (AvgIpc) is 2.93. The monoisotopic (exact) mass is 543 g/mol. The topological polar surface area (TPSA) is 118 Å². The number of β-amino-alcohol motifs (C(OH)–C–C–N with tert-alkyl or cyclic N) is 1. The van der Waals surface area contributed by atoms with Gasteiger partial charge in [0.2, 0.25) is 5.88 Å². The molecule has 3 aromatic heterocycles. The first-order valence-corrected chi connectivity index (χ1v) is 12.7. The number of halogens is 1. The number of ether oxygens (including phenoxy) is 1. The Labute approximate surface area is 230 Å². The minimum atomic E-state index is -0.333. The number of hydrogen-bond acceptors (Lipinski definition) is 8. The first-order valence-electron chi connectivity index (χ1n) is 12.3. The molecule has 39 heavy (non-hydrogen) atoms. The van der Waals surface area contributed by atoms with Crippen molar-refractivity contribution in [1.82, 2.24) is 19.9 Å². The summed E-state index contributed by atoms with van der Waals surface area (Å²) in [5.41, 5.74) is 5.44. The smallest absolute Gasteiger partial charge is 0.274 e. The van der Waals surface area contributed by atoms with Crippen LogP contribution in [0.15, 0.2) is 60.9 Å². The van der Waals surface area contributed by atoms with E-state index in [0.29, 0.717) is 64.8 Å². The van der Waals surface area contributed by atoms with E-state index in [0.717, 1.165) is 16.7 Å². The molecule has 4 aromatic rings. The van der Waals surface area contributed by atoms with Crippen molar-refractivity contribution in [1.29, 1.82) is 0 Å². The molecule has 1 fully saturated rings. The number of carbonyl (C=O) groups is 2. The predicted octanol–water partition coefficient (Wildman–Crippen LogP) is 4.42. The van der Waals surface area contributed by atoms with Gasteiger partial charge >= 0.3 is 0 Å². The summed E-state index contributed by atoms with van der Waals surface area (Å²) in [4.78, 5) is 39.6. The number of benzene rings is 1. The fourth-order valence-corrected chi connectivity index (χ4v) is 4.79. The summed E-state index contributed by atoms with van der Waals surface area (Å²) < 4.78 is 5.24. The number of amides is 1. The van der Waals surface area contributed by atoms with Crippen molar-refractivity contribution in [3.63, 3.8) is 0 Å². The molecule has 1 aromatic carbocycles. The van der Waals surface area contributed by atoms with Crippen LogP contribution in [0.1, 0.15) is 32.0 Å². The zero-order valence-corrected chi connectivity index (χ0v) is 22.1. The van der Waals surface area contributed by atoms with Crippen LogP contribution in [0.2, 0.25) is 5.02 Å². The zero-order chi connectivity index (χ0) is 27.5. The molecule has 2 N–H and O–H groups in total. The molecule has 1 saturated heterocycles. The summed E-state index contributed by atoms with van der Waals surface area (Å²) in [6.07, 6.45) is 3.74. The number of aliphatic hydroxyl groups is 1. The summed E-state index contributed by atoms with van der Waals surface area (Å²) in [6.45, 7) is 3.87. The highest BCUT2D eigenvalue weighted by atomic mass is 35.5. The van der Waals surface area contributed by atoms with E-state index in [1.807, 2.05) is 31.2 Å². The van der Waals surface area contributed by atoms with Crippen LogP contribution in [-0.4, -0.2) is 63.5 Å². The molecular weight excluding hydrogens is 518 g/mol. The molecule has 1 amide bonds. The molecule has 0 atom stereocenters. The van der Waals surface area contributed by atoms with E-state index in [4.69, 9.17) is 16.3 Å². The Morgan fingerprint density at radius 2 is 1.97 bits per heavy atom. The molecule has 5 rings (SSSR count). The molecule has 198 valence electrons. The van der Waals surface area contributed by atoms with Crippen LogP contribution in [0.3, 0.4) is 0 Å². The first-order chi connectivity index (χ1) is 18.9. The Kier molecular flexibility index (Phi) is 7.65. The maximum atomic E-state index is 13.0. The number of nitrogens with one attached hydrogen (secondary N) is 1. The van der Waals surface area contributed by atoms with Crippen LogP contribution in [0.25, 0.3) is 22.5 Å². The van der Waals surface area contributed by atoms with Crippen LogP contribution in [0.4, 0.5) is 5.69 Å². The number of aromatic nitrogens is 3. The van der Waals surface area contributed by atoms with E-state index >= 15 is 0 Å². The second-order valence-electron chi connectivity index (χ2n) is 9.27. The SMILES string of the molecule is COc1nc(-c2ccnc(-c3cccc(NC(=O)c4ccc(CN5CC(O)C5)cn4)c3C)c2Cl)ccc1C=O. The van der Waals surface area contributed by atoms with Crippen molar-refractivity contribution >= 4 is 29.5 Å². The number of nitrogens with zero attached hydrogens (tertiary/aromatic N) is 4. The van der Waals surface area contributed by atoms with E-state index in [1.165, 1.54) is 7.11 Å². The Hall–Kier alpha value is -4.18. The highest BCUT2D eigenvalue weighted by Crippen LogP contribution is 2.37. The third kappa shape index (κ3) is 5.51. The van der Waals surface area contributed by atoms with Crippen LogP contribution < -0.4 is 10.1 Å². The quantitative estimate of drug-likeness (QED) is 0.314. The minimum Gasteiger partial charge on any atom is -0.480 e. The number of likely N-dealkylation sites (tertiary alicyclic amines) is 1. The molecular formula is C29H26ClN5O4. The van der Waals surface area contributed by atoms with Gasteiger partial charge in [-0.05, 0) is 48.4 Å². The Morgan fingerprint density at radius 1 is 1.15 bits per heavy atom. The highest BCUT2D eigenvalue weighted by Gasteiger charge is 2.24. The second-order valence-corrected chi connectivity index (χ2v) is 9.64. The lowest BCUT2D eigenvalue weighted by atomic mass is 10.0. The molecule has 0 bridgehead atoms. The number of hydrogen-bond donors (Lipinski definition) is 2. The predicted molar refractivity (Wildman–Crippen MR) is 148 cm³/mol. The summed E-state index contributed by atoms with van der Waals surface area (Å²) >= 11 is 6.82. The van der Waals surface area contributed by atoms with E-state index < -0.39 is 0 Å². The number of aliphatic hydroxyl groups excluding tert-OH is 1. The number of methoxy groups -OCH3 is 1. The van der Waals surface area contributed by atoms with Crippen molar-refractivity contribution in [2.24, 2.45) is 0 Å². The molecule has 4 heterocycles. The molecule has 10 heteroatoms. The molecule has 0 radical (unpaired) electrons. The summed E-state index contributed by atoms with van der Waals surface area (Å²) in [5, 5.41) is 12.8. The van der Waals surface area contributed by atoms with Crippen LogP contribution in [-0.2, 0) is 6.54 Å². The number of aldehydes is 1. The fourth-order valence-electron chi connectivity index (χ4n) is 4.48. The number of anilines is 1. The molecule has 0 aliphatic carbocycles. The van der Waals surface area contributed by atoms with Crippen molar-refractivity contribution < 1.29 is 19.4 Å². The van der Waals surface area contributed by atoms with Gasteiger partial charge in [-0.3, -0.25) is 24.5 Å². The van der Waals surface area contributed by atoms with Gasteiger partial charge in [0.05, 0.1) is 35.2 Å². The molecule has 0 unspecified atom stereocenters. The van der Waals surface area contributed by atoms with Crippen molar-refractivity contribution in [2.75, 3.05) is 25.5 Å². The lowest BCUT2D eigenvalue weighted by Gasteiger charge is -2.35. The van der Waals surface area contributed by atoms with E-state index in [2.05, 4.69) is 25.2 Å². The summed E-state index contributed by atoms with van der Waals surface area (Å²) in [5.74, 6) is -0.126. The maximum absolute atomic E-state index is 13.0. The number of pyridine rings is 3. The van der Waals surface area contributed by atoms with E-state index in [9.17, 15) is 14.7 Å². The van der Waals surface area contributed by atoms with Gasteiger partial charge in [0.25, 0.3) is 5.91 Å². The summed E-state index contributed by atoms with van der Waals surface area (Å²) in [6, 6.07) is 14.1. The first kappa shape index (κ1) is 26.4. The Balaban J connectivity index is 1.38. The lowest BCUT2D eigenvalue weighted by molar-refractivity contribution is -0.00291. The zero-order valence-electron chi connectivity index (χ0n) is 21.4. The van der Waals surface area contributed by atoms with Gasteiger partial charge in [-0.25, -0.2) is 4.98 Å². The van der Waals surface area contributed by atoms with Crippen LogP contribution in [0, 0.1) is 6.92 Å². The van der Waals surface area contributed by atoms with Gasteiger partial charge in [-0.2, -0.15) is 0 Å². The van der Waals surface area contributed by atoms with Gasteiger partial charge < -0.3 is 15.2 Å². The third-order valence-corrected chi connectivity index (χ3v) is 7.00. The number of rotatable bonds is 8. The van der Waals surface area contributed by atoms with Gasteiger partial charge in [0.1, 0.15) is 5.69 Å². The third-order valence-electron chi connectivity index (χ3n) is 6.61. The van der Waals surface area contributed by atoms with E-state index in [1.54, 1.807) is 36.7 Å². The van der Waals surface area contributed by atoms with Gasteiger partial charge in [0.15, 0.2) is 6.29 Å². The van der Waals surface area contributed by atoms with Crippen LogP contribution >= 0.6 is 11.6 Å². The molecule has 9 nitrogen and oxygen atoms in total. The maximum Gasteiger partial charge on any atom is 0.274 e. The van der Waals surface area contributed by atoms with Gasteiger partial charge in [-0.1, -0.05) is 29.8 Å². The Bertz CT molecular complexity index is 1540. The molecule has 0 spiro atoms. The van der Waals surface area contributed by atoms with Crippen molar-refractivity contribution in [3.05, 3.63) is 88.3 Å². The van der Waals surface area contributed by atoms with Crippen LogP contribution in [0.5, 0.6) is 5.88 Å². The summed E-state index contributed by atoms with van der Waals surface area (Å²) in [7, 11) is 1.45. The lowest BCUT2D eigenvalue weighted by Crippen LogP contribution is -2.49. The van der Waals surface area contributed by atoms with E-state index in [-0.39, 0.29) is 17.9 Å². The second kappa shape index (κ2) is 11.3. The fraction of sp³-hybridized carbons (Fsp3) is 0.207. The molecule has 1 aliphatic rings. The normalized spacial score (nSPS) is 13.5. The average molecular weight is 544 g/mol. The molecule has 0 saturated carbocycles. The number of carbonyl (C=O) groups excluding carboxylic acids is 2.